The van der Waals surface area contributed by atoms with Gasteiger partial charge in [0.2, 0.25) is 5.91 Å². The molecule has 4 fully saturated rings. The van der Waals surface area contributed by atoms with E-state index in [0.29, 0.717) is 54.0 Å². The largest absolute Gasteiger partial charge is 0.496 e. The standard InChI is InChI=1S/C47H68N6O6/c1-29-41-24-35(47(41,3)4)25-42(29)49-46(57)43-40(30(2)55)28-59-53(43)26-32-14-12-16-39(44(32)58-10)33-21-34(23-38(22-33)51(7)8)45(56)48-36(27-50(5)6)19-31-13-11-15-37(20-31)52(9)17-18-54/h11-16,20-23,29-30,35-36,40-43,54-55H,17-19,24-28H2,1-10H3,(H,48,56)(H,49,57)/t29-,30-,35+,36-,40-,41-,42-,43-/m0/s1. The van der Waals surface area contributed by atoms with E-state index in [1.807, 2.05) is 93.6 Å². The number of rotatable bonds is 17. The van der Waals surface area contributed by atoms with Crippen LogP contribution in [0.4, 0.5) is 11.4 Å². The van der Waals surface area contributed by atoms with Gasteiger partial charge in [-0.15, -0.1) is 0 Å². The molecule has 3 saturated carbocycles. The van der Waals surface area contributed by atoms with Crippen molar-refractivity contribution in [3.63, 3.8) is 0 Å². The lowest BCUT2D eigenvalue weighted by molar-refractivity contribution is -0.161. The lowest BCUT2D eigenvalue weighted by Gasteiger charge is -2.62. The van der Waals surface area contributed by atoms with Crippen LogP contribution in [0, 0.1) is 29.1 Å². The smallest absolute Gasteiger partial charge is 0.251 e. The van der Waals surface area contributed by atoms with E-state index < -0.39 is 12.1 Å². The SMILES string of the molecule is COc1c(CN2OC[C@@H]([C@H](C)O)[C@H]2C(=O)N[C@H]2C[C@H]3C[C@@H]([C@@H]2C)C3(C)C)cccc1-c1cc(C(=O)N[C@@H](Cc2cccc(N(C)CCO)c2)CN(C)C)cc(N(C)C)c1. The van der Waals surface area contributed by atoms with Crippen LogP contribution in [0.5, 0.6) is 5.75 Å². The van der Waals surface area contributed by atoms with Crippen molar-refractivity contribution in [3.05, 3.63) is 77.4 Å². The maximum atomic E-state index is 14.2. The van der Waals surface area contributed by atoms with Crippen LogP contribution >= 0.6 is 0 Å². The number of anilines is 2. The van der Waals surface area contributed by atoms with Crippen molar-refractivity contribution in [3.8, 4) is 16.9 Å². The zero-order chi connectivity index (χ0) is 42.8. The van der Waals surface area contributed by atoms with Gasteiger partial charge >= 0.3 is 0 Å². The number of carbonyl (C=O) groups is 2. The fourth-order valence-corrected chi connectivity index (χ4v) is 9.90. The normalized spacial score (nSPS) is 24.6. The molecule has 59 heavy (non-hydrogen) atoms. The Morgan fingerprint density at radius 2 is 1.76 bits per heavy atom. The van der Waals surface area contributed by atoms with Crippen LogP contribution in [-0.4, -0.2) is 125 Å². The number of hydrogen-bond acceptors (Lipinski definition) is 10. The molecule has 322 valence electrons. The van der Waals surface area contributed by atoms with Crippen LogP contribution in [0.25, 0.3) is 11.1 Å². The van der Waals surface area contributed by atoms with Crippen LogP contribution in [0.1, 0.15) is 62.0 Å². The first-order valence-electron chi connectivity index (χ1n) is 21.3. The molecule has 2 bridgehead atoms. The number of aliphatic hydroxyl groups is 2. The van der Waals surface area contributed by atoms with E-state index in [-0.39, 0.29) is 49.6 Å². The summed E-state index contributed by atoms with van der Waals surface area (Å²) in [6.45, 7) is 10.5. The van der Waals surface area contributed by atoms with Gasteiger partial charge in [-0.3, -0.25) is 14.4 Å². The molecule has 4 aliphatic rings. The van der Waals surface area contributed by atoms with Crippen molar-refractivity contribution in [2.24, 2.45) is 29.1 Å². The number of nitrogens with zero attached hydrogens (tertiary/aromatic N) is 4. The average Bonchev–Trinajstić information content (AvgIpc) is 3.62. The van der Waals surface area contributed by atoms with Gasteiger partial charge in [0.05, 0.1) is 33.0 Å². The summed E-state index contributed by atoms with van der Waals surface area (Å²) in [7, 11) is 11.5. The Morgan fingerprint density at radius 3 is 2.41 bits per heavy atom. The second-order valence-electron chi connectivity index (χ2n) is 18.4. The van der Waals surface area contributed by atoms with E-state index in [1.165, 1.54) is 6.42 Å². The molecule has 0 unspecified atom stereocenters. The van der Waals surface area contributed by atoms with E-state index >= 15 is 0 Å². The fourth-order valence-electron chi connectivity index (χ4n) is 9.90. The maximum absolute atomic E-state index is 14.2. The second-order valence-corrected chi connectivity index (χ2v) is 18.4. The summed E-state index contributed by atoms with van der Waals surface area (Å²) in [5, 5.41) is 28.7. The van der Waals surface area contributed by atoms with E-state index in [2.05, 4.69) is 48.4 Å². The zero-order valence-corrected chi connectivity index (χ0v) is 36.9. The molecule has 12 nitrogen and oxygen atoms in total. The van der Waals surface area contributed by atoms with Crippen LogP contribution in [-0.2, 0) is 22.6 Å². The Morgan fingerprint density at radius 1 is 1.02 bits per heavy atom. The highest BCUT2D eigenvalue weighted by Crippen LogP contribution is 2.61. The quantitative estimate of drug-likeness (QED) is 0.147. The Bertz CT molecular complexity index is 1930. The minimum Gasteiger partial charge on any atom is -0.496 e. The summed E-state index contributed by atoms with van der Waals surface area (Å²) < 4.78 is 6.13. The van der Waals surface area contributed by atoms with Gasteiger partial charge in [-0.05, 0) is 105 Å². The van der Waals surface area contributed by atoms with E-state index in [9.17, 15) is 19.8 Å². The number of methoxy groups -OCH3 is 1. The third-order valence-corrected chi connectivity index (χ3v) is 13.5. The number of fused-ring (bicyclic) bond motifs is 2. The summed E-state index contributed by atoms with van der Waals surface area (Å²) in [6, 6.07) is 19.3. The molecular formula is C47H68N6O6. The van der Waals surface area contributed by atoms with E-state index in [1.54, 1.807) is 19.1 Å². The molecule has 7 rings (SSSR count). The van der Waals surface area contributed by atoms with Crippen molar-refractivity contribution < 1.29 is 29.4 Å². The lowest BCUT2D eigenvalue weighted by atomic mass is 9.45. The number of hydrogen-bond donors (Lipinski definition) is 4. The van der Waals surface area contributed by atoms with Crippen molar-refractivity contribution in [1.29, 1.82) is 0 Å². The number of aliphatic hydroxyl groups excluding tert-OH is 2. The summed E-state index contributed by atoms with van der Waals surface area (Å²) in [5.74, 6) is 1.52. The molecule has 1 heterocycles. The monoisotopic (exact) mass is 813 g/mol. The predicted molar refractivity (Wildman–Crippen MR) is 235 cm³/mol. The number of amides is 2. The zero-order valence-electron chi connectivity index (χ0n) is 36.9. The van der Waals surface area contributed by atoms with Crippen molar-refractivity contribution >= 4 is 23.2 Å². The minimum absolute atomic E-state index is 0.0694. The molecule has 0 radical (unpaired) electrons. The van der Waals surface area contributed by atoms with Crippen LogP contribution in [0.2, 0.25) is 0 Å². The minimum atomic E-state index is -0.737. The Balaban J connectivity index is 1.24. The first kappa shape index (κ1) is 44.4. The topological polar surface area (TPSA) is 130 Å². The van der Waals surface area contributed by atoms with Gasteiger partial charge in [0, 0.05) is 80.3 Å². The van der Waals surface area contributed by atoms with Gasteiger partial charge in [0.1, 0.15) is 11.8 Å². The van der Waals surface area contributed by atoms with Crippen LogP contribution < -0.4 is 25.2 Å². The Kier molecular flexibility index (Phi) is 14.0. The highest BCUT2D eigenvalue weighted by atomic mass is 16.7. The van der Waals surface area contributed by atoms with E-state index in [4.69, 9.17) is 9.57 Å². The molecular weight excluding hydrogens is 745 g/mol. The lowest BCUT2D eigenvalue weighted by Crippen LogP contribution is -2.62. The highest BCUT2D eigenvalue weighted by Gasteiger charge is 2.57. The molecule has 3 aliphatic carbocycles. The number of benzene rings is 3. The molecule has 1 aliphatic heterocycles. The molecule has 0 spiro atoms. The Hall–Kier alpha value is -4.20. The van der Waals surface area contributed by atoms with Gasteiger partial charge in [0.15, 0.2) is 0 Å². The summed E-state index contributed by atoms with van der Waals surface area (Å²) >= 11 is 0. The predicted octanol–water partition coefficient (Wildman–Crippen LogP) is 5.06. The number of likely N-dealkylation sites (N-methyl/N-ethyl adjacent to an activating group) is 2. The number of carbonyl (C=O) groups excluding carboxylic acids is 2. The molecule has 1 saturated heterocycles. The summed E-state index contributed by atoms with van der Waals surface area (Å²) in [5.41, 5.74) is 6.24. The fraction of sp³-hybridized carbons (Fsp3) is 0.574. The number of ether oxygens (including phenoxy) is 1. The van der Waals surface area contributed by atoms with Gasteiger partial charge < -0.3 is 40.3 Å². The molecule has 2 amide bonds. The average molecular weight is 813 g/mol. The molecule has 3 aromatic rings. The summed E-state index contributed by atoms with van der Waals surface area (Å²) in [4.78, 5) is 40.7. The van der Waals surface area contributed by atoms with Crippen molar-refractivity contribution in [1.82, 2.24) is 20.6 Å². The van der Waals surface area contributed by atoms with E-state index in [0.717, 1.165) is 40.0 Å². The number of nitrogens with one attached hydrogen (secondary N) is 2. The van der Waals surface area contributed by atoms with Crippen molar-refractivity contribution in [2.75, 3.05) is 78.5 Å². The first-order chi connectivity index (χ1) is 28.0. The molecule has 4 N–H and O–H groups in total. The maximum Gasteiger partial charge on any atom is 0.251 e. The molecule has 12 heteroatoms. The van der Waals surface area contributed by atoms with Gasteiger partial charge in [-0.1, -0.05) is 51.1 Å². The van der Waals surface area contributed by atoms with Crippen molar-refractivity contribution in [2.45, 2.75) is 77.7 Å². The summed E-state index contributed by atoms with van der Waals surface area (Å²) in [6.07, 6.45) is 2.10. The van der Waals surface area contributed by atoms with Crippen LogP contribution in [0.3, 0.4) is 0 Å². The molecule has 0 aromatic heterocycles. The second kappa shape index (κ2) is 18.6. The first-order valence-corrected chi connectivity index (χ1v) is 21.3. The van der Waals surface area contributed by atoms with Gasteiger partial charge in [-0.2, -0.15) is 5.06 Å². The van der Waals surface area contributed by atoms with Gasteiger partial charge in [0.25, 0.3) is 5.91 Å². The molecule has 8 atom stereocenters. The molecule has 3 aromatic carbocycles. The number of para-hydroxylation sites is 1. The third-order valence-electron chi connectivity index (χ3n) is 13.5. The number of hydroxylamine groups is 2. The highest BCUT2D eigenvalue weighted by molar-refractivity contribution is 5.97. The Labute approximate surface area is 351 Å². The van der Waals surface area contributed by atoms with Gasteiger partial charge in [-0.25, -0.2) is 0 Å². The third kappa shape index (κ3) is 9.73. The van der Waals surface area contributed by atoms with Crippen LogP contribution in [0.15, 0.2) is 60.7 Å².